The summed E-state index contributed by atoms with van der Waals surface area (Å²) in [6, 6.07) is 0. The molecule has 8 heterocycles. The number of aliphatic hydroxyl groups is 23. The minimum Gasteiger partial charge on any atom is -0.479 e. The Balaban J connectivity index is 0.757. The molecule has 24 unspecified atom stereocenters. The number of aliphatic hydroxyl groups excluding tert-OH is 20. The average molecular weight is 2030 g/mol. The van der Waals surface area contributed by atoms with E-state index in [0.717, 1.165) is 11.9 Å². The zero-order chi connectivity index (χ0) is 104. The fourth-order valence-electron chi connectivity index (χ4n) is 24.7. The highest BCUT2D eigenvalue weighted by Gasteiger charge is 2.74. The van der Waals surface area contributed by atoms with Crippen molar-refractivity contribution >= 4 is 30.2 Å². The van der Waals surface area contributed by atoms with Crippen LogP contribution in [0, 0.1) is 62.1 Å². The summed E-state index contributed by atoms with van der Waals surface area (Å²) < 4.78 is 108. The van der Waals surface area contributed by atoms with Gasteiger partial charge in [0.1, 0.15) is 152 Å². The monoisotopic (exact) mass is 2030 g/mol. The number of carboxylic acid groups (broad SMARTS) is 1. The number of allylic oxidation sites excluding steroid dienone is 2. The molecule has 24 N–H and O–H groups in total. The molecule has 4 saturated carbocycles. The molecular formula is C94H152O47. The van der Waals surface area contributed by atoms with Crippen molar-refractivity contribution in [1.82, 2.24) is 0 Å². The van der Waals surface area contributed by atoms with Crippen LogP contribution < -0.4 is 0 Å². The van der Waals surface area contributed by atoms with Gasteiger partial charge in [-0.15, -0.1) is 0 Å². The first kappa shape index (κ1) is 114. The summed E-state index contributed by atoms with van der Waals surface area (Å²) in [6.45, 7) is 15.8. The van der Waals surface area contributed by atoms with Crippen LogP contribution in [0.4, 0.5) is 0 Å². The summed E-state index contributed by atoms with van der Waals surface area (Å²) in [7, 11) is 0. The molecule has 47 heteroatoms. The van der Waals surface area contributed by atoms with E-state index in [2.05, 4.69) is 19.9 Å². The number of carbonyl (C=O) groups excluding carboxylic acids is 4. The predicted molar refractivity (Wildman–Crippen MR) is 469 cm³/mol. The smallest absolute Gasteiger partial charge is 0.335 e. The number of carboxylic acids is 1. The number of fused-ring (bicyclic) bond motifs is 7. The molecule has 141 heavy (non-hydrogen) atoms. The third-order valence-corrected chi connectivity index (χ3v) is 34.0. The number of hydrogen-bond donors (Lipinski definition) is 24. The molecule has 0 spiro atoms. The van der Waals surface area contributed by atoms with Crippen molar-refractivity contribution in [2.24, 2.45) is 62.1 Å². The summed E-state index contributed by atoms with van der Waals surface area (Å²) in [5.41, 5.74) is -10.3. The molecule has 13 rings (SSSR count). The van der Waals surface area contributed by atoms with Crippen LogP contribution in [0.25, 0.3) is 0 Å². The normalized spacial score (nSPS) is 48.5. The second-order valence-corrected chi connectivity index (χ2v) is 43.7. The molecule has 50 atom stereocenters. The number of aliphatic carboxylic acids is 1. The number of esters is 3. The van der Waals surface area contributed by atoms with Crippen LogP contribution in [0.3, 0.4) is 0 Å². The number of aldehydes is 1. The lowest BCUT2D eigenvalue weighted by atomic mass is 9.33. The molecular weight excluding hydrogens is 1880 g/mol. The molecule has 47 nitrogen and oxygen atoms in total. The van der Waals surface area contributed by atoms with Gasteiger partial charge in [0.05, 0.1) is 107 Å². The first-order chi connectivity index (χ1) is 66.1. The molecule has 13 aliphatic rings. The fraction of sp³-hybridized carbons (Fsp3) is 0.926. The van der Waals surface area contributed by atoms with Crippen LogP contribution in [0.1, 0.15) is 186 Å². The molecule has 0 aromatic carbocycles. The zero-order valence-electron chi connectivity index (χ0n) is 81.5. The molecule has 0 radical (unpaired) electrons. The van der Waals surface area contributed by atoms with Gasteiger partial charge in [-0.05, 0) is 123 Å². The van der Waals surface area contributed by atoms with Gasteiger partial charge in [0.25, 0.3) is 0 Å². The molecule has 0 bridgehead atoms. The largest absolute Gasteiger partial charge is 0.479 e. The number of ether oxygens (including phenoxy) is 18. The van der Waals surface area contributed by atoms with E-state index >= 15 is 4.79 Å². The van der Waals surface area contributed by atoms with E-state index in [1.807, 2.05) is 27.7 Å². The SMILES string of the molecule is CC[C@H](C)[C@H](C[C@H](O)CC(=O)O[C@@H]1C(C)O[C@@H](OC(=O)[C@]23CCC(C)(C)CC2C2=CCC4[C@@]5(C)CC[C@H](O[C@@H]6OC(C(=O)O)[C@H](O)C(O[C@@H]7OC(CO)[C@@H](O)C(O)C7O)C6O[C@@H]6OC(CO)[C@H](O)C(O)C6O)[C@@](C)(C=O)C5CC[C@@]4(C)[C@]2(C)C[C@H]3O)C(O[C@@H]2OC(C)CC(O)(CO[C@H]3OCC(O)[C@H](O[C@@H]4OCC(O)(CO)C4O)C3O)C2O)C1O)OC(=O)C[C@@H](O)C[C@H](OC1(O)CO[C@@H](CO)C1O)[C@@H](C)CC. The van der Waals surface area contributed by atoms with Crippen molar-refractivity contribution in [3.8, 4) is 0 Å². The van der Waals surface area contributed by atoms with Crippen LogP contribution in [0.2, 0.25) is 0 Å². The van der Waals surface area contributed by atoms with Crippen molar-refractivity contribution in [3.63, 3.8) is 0 Å². The van der Waals surface area contributed by atoms with E-state index in [-0.39, 0.29) is 63.2 Å². The highest BCUT2D eigenvalue weighted by Crippen LogP contribution is 2.76. The van der Waals surface area contributed by atoms with Gasteiger partial charge >= 0.3 is 23.9 Å². The van der Waals surface area contributed by atoms with E-state index in [0.29, 0.717) is 32.1 Å². The third-order valence-electron chi connectivity index (χ3n) is 34.0. The first-order valence-electron chi connectivity index (χ1n) is 49.3. The number of rotatable bonds is 37. The molecule has 0 amide bonds. The average Bonchev–Trinajstić information content (AvgIpc) is 0.991. The van der Waals surface area contributed by atoms with Crippen molar-refractivity contribution in [2.45, 2.75) is 430 Å². The van der Waals surface area contributed by atoms with Crippen molar-refractivity contribution in [3.05, 3.63) is 11.6 Å². The van der Waals surface area contributed by atoms with Crippen LogP contribution >= 0.6 is 0 Å². The van der Waals surface area contributed by atoms with Gasteiger partial charge in [0.2, 0.25) is 12.1 Å². The summed E-state index contributed by atoms with van der Waals surface area (Å²) in [6.07, 6.45) is -63.8. The first-order valence-corrected chi connectivity index (χ1v) is 49.3. The Hall–Kier alpha value is -4.23. The minimum absolute atomic E-state index is 0.00129. The summed E-state index contributed by atoms with van der Waals surface area (Å²) >= 11 is 0. The number of hydrogen-bond acceptors (Lipinski definition) is 46. The van der Waals surface area contributed by atoms with Crippen LogP contribution in [0.15, 0.2) is 11.6 Å². The lowest BCUT2D eigenvalue weighted by molar-refractivity contribution is -0.395. The summed E-state index contributed by atoms with van der Waals surface area (Å²) in [4.78, 5) is 72.3. The second-order valence-electron chi connectivity index (χ2n) is 43.7. The minimum atomic E-state index is -2.47. The Morgan fingerprint density at radius 3 is 1.70 bits per heavy atom. The van der Waals surface area contributed by atoms with Gasteiger partial charge in [-0.1, -0.05) is 93.7 Å². The standard InChI is InChI=1S/C94H152O47/c1-13-39(3)48(130-57(104)25-44(101)24-49(40(4)14-2)141-94(123)38-125-52(32-97)74(94)115)23-43(100)26-58(105)134-68-42(6)129-81(72(65(68)112)138-84-76(117)91(121,27-41(5)128-84)36-126-78-67(114)69(47(102)33-124-78)135-83-75(116)92(122,35-99)37-127-83)140-85(120)93-22-21-86(7,8)28-46(93)45-15-16-54-87(9)19-18-56(88(10,34-98)53(87)17-20-89(54,11)90(45,12)29-55(93)103)133-82-73(139-80-64(111)62(109)60(107)51(31-96)132-80)70(66(113)71(137-82)77(118)119)136-79-63(110)61(108)59(106)50(30-95)131-79/h15,34,39-44,46-56,59-76,78-84,95-97,99-103,106-117,121-123H,13-14,16-33,35-38H2,1-12H3,(H,118,119)/t39-,40-,41?,42?,43-,44-,46?,47?,48-,49-,50?,51?,52-,53?,54?,55+,56-,59+,60-,61?,62?,63?,64?,65?,66+,67?,68+,69-,70?,71?,72?,73?,74?,75?,76?,78+,79-,80-,81-,82+,83-,84-,87-,88-,89+,90+,91?,92?,93+,94?/m0/s1. The van der Waals surface area contributed by atoms with E-state index in [1.165, 1.54) is 13.8 Å². The van der Waals surface area contributed by atoms with Gasteiger partial charge in [-0.3, -0.25) is 14.4 Å². The van der Waals surface area contributed by atoms with Gasteiger partial charge in [-0.25, -0.2) is 4.79 Å². The Morgan fingerprint density at radius 2 is 1.11 bits per heavy atom. The molecule has 5 aliphatic carbocycles. The quantitative estimate of drug-likeness (QED) is 0.00688. The topological polar surface area (TPSA) is 737 Å². The maximum absolute atomic E-state index is 16.4. The van der Waals surface area contributed by atoms with Crippen molar-refractivity contribution < 1.29 is 232 Å². The lowest BCUT2D eigenvalue weighted by Crippen LogP contribution is -2.69. The molecule has 8 saturated heterocycles. The number of carbonyl (C=O) groups is 5. The molecule has 12 fully saturated rings. The molecule has 810 valence electrons. The zero-order valence-corrected chi connectivity index (χ0v) is 81.5. The van der Waals surface area contributed by atoms with Gasteiger partial charge < -0.3 is 213 Å². The predicted octanol–water partition coefficient (Wildman–Crippen LogP) is -5.93. The molecule has 0 aromatic heterocycles. The molecule has 0 aromatic rings. The van der Waals surface area contributed by atoms with Crippen molar-refractivity contribution in [2.75, 3.05) is 52.9 Å². The van der Waals surface area contributed by atoms with Gasteiger partial charge in [-0.2, -0.15) is 0 Å². The van der Waals surface area contributed by atoms with Crippen LogP contribution in [0.5, 0.6) is 0 Å². The maximum Gasteiger partial charge on any atom is 0.335 e. The van der Waals surface area contributed by atoms with Crippen molar-refractivity contribution in [1.29, 1.82) is 0 Å². The maximum atomic E-state index is 16.4. The van der Waals surface area contributed by atoms with E-state index in [1.54, 1.807) is 27.7 Å². The van der Waals surface area contributed by atoms with E-state index in [9.17, 15) is 142 Å². The van der Waals surface area contributed by atoms with Gasteiger partial charge in [0, 0.05) is 19.3 Å². The van der Waals surface area contributed by atoms with Crippen LogP contribution in [-0.4, -0.2) is 450 Å². The Morgan fingerprint density at radius 1 is 0.525 bits per heavy atom. The van der Waals surface area contributed by atoms with E-state index in [4.69, 9.17) is 85.3 Å². The summed E-state index contributed by atoms with van der Waals surface area (Å²) in [5, 5.41) is 269. The highest BCUT2D eigenvalue weighted by molar-refractivity contribution is 5.80. The third kappa shape index (κ3) is 22.1. The highest BCUT2D eigenvalue weighted by atomic mass is 16.8. The lowest BCUT2D eigenvalue weighted by Gasteiger charge is -2.71. The summed E-state index contributed by atoms with van der Waals surface area (Å²) in [5.74, 6) is -9.72. The Kier molecular flexibility index (Phi) is 36.1. The Labute approximate surface area is 815 Å². The van der Waals surface area contributed by atoms with Gasteiger partial charge in [0.15, 0.2) is 56.1 Å². The fourth-order valence-corrected chi connectivity index (χ4v) is 24.7. The molecule has 8 aliphatic heterocycles. The van der Waals surface area contributed by atoms with Crippen LogP contribution in [-0.2, 0) is 109 Å². The Bertz CT molecular complexity index is 4210. The second kappa shape index (κ2) is 44.7. The van der Waals surface area contributed by atoms with E-state index < -0.39 is 390 Å².